The fourth-order valence-corrected chi connectivity index (χ4v) is 2.07. The lowest BCUT2D eigenvalue weighted by atomic mass is 9.91. The summed E-state index contributed by atoms with van der Waals surface area (Å²) in [6.07, 6.45) is 3.12. The number of aliphatic hydroxyl groups excluding tert-OH is 1. The molecule has 2 rings (SSSR count). The molecule has 0 atom stereocenters. The van der Waals surface area contributed by atoms with Crippen molar-refractivity contribution >= 4 is 5.91 Å². The quantitative estimate of drug-likeness (QED) is 0.825. The summed E-state index contributed by atoms with van der Waals surface area (Å²) in [7, 11) is 1.74. The van der Waals surface area contributed by atoms with Crippen molar-refractivity contribution in [2.45, 2.75) is 25.3 Å². The van der Waals surface area contributed by atoms with Crippen molar-refractivity contribution < 1.29 is 14.3 Å². The standard InChI is InChI=1S/C15H16FNO2/c1-17(13-5-2-6-13)15(19)14-10-12(16)8-7-11(14)4-3-9-18/h7-8,10,13,18H,2,5-6,9H2,1H3. The molecule has 0 aromatic heterocycles. The highest BCUT2D eigenvalue weighted by atomic mass is 19.1. The molecule has 0 spiro atoms. The zero-order valence-corrected chi connectivity index (χ0v) is 10.8. The largest absolute Gasteiger partial charge is 0.384 e. The van der Waals surface area contributed by atoms with Crippen molar-refractivity contribution in [2.24, 2.45) is 0 Å². The van der Waals surface area contributed by atoms with Crippen molar-refractivity contribution in [3.63, 3.8) is 0 Å². The summed E-state index contributed by atoms with van der Waals surface area (Å²) in [6, 6.07) is 4.19. The number of benzene rings is 1. The summed E-state index contributed by atoms with van der Waals surface area (Å²) < 4.78 is 13.3. The Kier molecular flexibility index (Phi) is 4.18. The average Bonchev–Trinajstić information content (AvgIpc) is 2.34. The number of carbonyl (C=O) groups is 1. The molecular formula is C15H16FNO2. The highest BCUT2D eigenvalue weighted by Crippen LogP contribution is 2.25. The summed E-state index contributed by atoms with van der Waals surface area (Å²) >= 11 is 0. The molecule has 0 unspecified atom stereocenters. The maximum absolute atomic E-state index is 13.3. The van der Waals surface area contributed by atoms with E-state index in [-0.39, 0.29) is 24.1 Å². The van der Waals surface area contributed by atoms with Gasteiger partial charge in [-0.3, -0.25) is 4.79 Å². The summed E-state index contributed by atoms with van der Waals surface area (Å²) in [4.78, 5) is 14.0. The van der Waals surface area contributed by atoms with Crippen LogP contribution in [0.5, 0.6) is 0 Å². The molecule has 4 heteroatoms. The van der Waals surface area contributed by atoms with E-state index in [2.05, 4.69) is 11.8 Å². The zero-order valence-electron chi connectivity index (χ0n) is 10.8. The Morgan fingerprint density at radius 2 is 2.26 bits per heavy atom. The Labute approximate surface area is 112 Å². The molecule has 0 radical (unpaired) electrons. The van der Waals surface area contributed by atoms with Crippen LogP contribution in [0.1, 0.15) is 35.2 Å². The van der Waals surface area contributed by atoms with Crippen LogP contribution in [0.3, 0.4) is 0 Å². The molecule has 1 N–H and O–H groups in total. The van der Waals surface area contributed by atoms with Crippen molar-refractivity contribution in [1.29, 1.82) is 0 Å². The van der Waals surface area contributed by atoms with Crippen molar-refractivity contribution in [3.05, 3.63) is 35.1 Å². The number of nitrogens with zero attached hydrogens (tertiary/aromatic N) is 1. The molecule has 19 heavy (non-hydrogen) atoms. The van der Waals surface area contributed by atoms with E-state index in [9.17, 15) is 9.18 Å². The van der Waals surface area contributed by atoms with Crippen molar-refractivity contribution in [1.82, 2.24) is 4.90 Å². The van der Waals surface area contributed by atoms with Gasteiger partial charge in [-0.2, -0.15) is 0 Å². The highest BCUT2D eigenvalue weighted by molar-refractivity contribution is 5.96. The molecule has 1 aromatic rings. The first-order chi connectivity index (χ1) is 9.13. The molecular weight excluding hydrogens is 245 g/mol. The van der Waals surface area contributed by atoms with Gasteiger partial charge in [-0.05, 0) is 37.5 Å². The highest BCUT2D eigenvalue weighted by Gasteiger charge is 2.27. The van der Waals surface area contributed by atoms with E-state index in [1.807, 2.05) is 0 Å². The van der Waals surface area contributed by atoms with Gasteiger partial charge in [-0.15, -0.1) is 0 Å². The van der Waals surface area contributed by atoms with E-state index in [0.717, 1.165) is 19.3 Å². The molecule has 0 heterocycles. The van der Waals surface area contributed by atoms with Crippen molar-refractivity contribution in [3.8, 4) is 11.8 Å². The Bertz CT molecular complexity index is 541. The van der Waals surface area contributed by atoms with Gasteiger partial charge in [0.1, 0.15) is 12.4 Å². The number of hydrogen-bond acceptors (Lipinski definition) is 2. The maximum atomic E-state index is 13.3. The first-order valence-corrected chi connectivity index (χ1v) is 6.30. The minimum atomic E-state index is -0.458. The van der Waals surface area contributed by atoms with Gasteiger partial charge >= 0.3 is 0 Å². The smallest absolute Gasteiger partial charge is 0.255 e. The minimum absolute atomic E-state index is 0.216. The summed E-state index contributed by atoms with van der Waals surface area (Å²) in [5.41, 5.74) is 0.710. The van der Waals surface area contributed by atoms with Crippen LogP contribution in [-0.2, 0) is 0 Å². The number of amides is 1. The Hall–Kier alpha value is -1.86. The SMILES string of the molecule is CN(C(=O)c1cc(F)ccc1C#CCO)C1CCC1. The second kappa shape index (κ2) is 5.85. The summed E-state index contributed by atoms with van der Waals surface area (Å²) in [5, 5.41) is 8.71. The topological polar surface area (TPSA) is 40.5 Å². The summed E-state index contributed by atoms with van der Waals surface area (Å²) in [5.74, 6) is 4.50. The van der Waals surface area contributed by atoms with Gasteiger partial charge in [0.05, 0.1) is 5.56 Å². The van der Waals surface area contributed by atoms with E-state index in [4.69, 9.17) is 5.11 Å². The van der Waals surface area contributed by atoms with Gasteiger partial charge in [-0.25, -0.2) is 4.39 Å². The van der Waals surface area contributed by atoms with Gasteiger partial charge in [0.2, 0.25) is 0 Å². The summed E-state index contributed by atoms with van der Waals surface area (Å²) in [6.45, 7) is -0.288. The molecule has 0 bridgehead atoms. The molecule has 0 saturated heterocycles. The number of rotatable bonds is 2. The Balaban J connectivity index is 2.30. The third kappa shape index (κ3) is 2.94. The second-order valence-electron chi connectivity index (χ2n) is 4.65. The van der Waals surface area contributed by atoms with Gasteiger partial charge in [-0.1, -0.05) is 11.8 Å². The zero-order chi connectivity index (χ0) is 13.8. The monoisotopic (exact) mass is 261 g/mol. The van der Waals surface area contributed by atoms with Crippen LogP contribution < -0.4 is 0 Å². The van der Waals surface area contributed by atoms with Gasteiger partial charge < -0.3 is 10.0 Å². The third-order valence-electron chi connectivity index (χ3n) is 3.46. The van der Waals surface area contributed by atoms with E-state index in [1.54, 1.807) is 11.9 Å². The third-order valence-corrected chi connectivity index (χ3v) is 3.46. The fraction of sp³-hybridized carbons (Fsp3) is 0.400. The predicted octanol–water partition coefficient (Wildman–Crippen LogP) is 1.79. The second-order valence-corrected chi connectivity index (χ2v) is 4.65. The van der Waals surface area contributed by atoms with E-state index in [0.29, 0.717) is 5.56 Å². The van der Waals surface area contributed by atoms with Gasteiger partial charge in [0, 0.05) is 18.7 Å². The molecule has 1 aromatic carbocycles. The molecule has 1 aliphatic carbocycles. The van der Waals surface area contributed by atoms with Gasteiger partial charge in [0.15, 0.2) is 0 Å². The predicted molar refractivity (Wildman–Crippen MR) is 70.1 cm³/mol. The van der Waals surface area contributed by atoms with Gasteiger partial charge in [0.25, 0.3) is 5.91 Å². The minimum Gasteiger partial charge on any atom is -0.384 e. The van der Waals surface area contributed by atoms with Crippen LogP contribution >= 0.6 is 0 Å². The maximum Gasteiger partial charge on any atom is 0.255 e. The molecule has 100 valence electrons. The Morgan fingerprint density at radius 3 is 2.84 bits per heavy atom. The first-order valence-electron chi connectivity index (χ1n) is 6.30. The molecule has 0 aliphatic heterocycles. The van der Waals surface area contributed by atoms with Crippen LogP contribution in [0, 0.1) is 17.7 Å². The molecule has 1 aliphatic rings. The number of hydrogen-bond donors (Lipinski definition) is 1. The van der Waals surface area contributed by atoms with Crippen LogP contribution in [0.4, 0.5) is 4.39 Å². The number of aliphatic hydroxyl groups is 1. The first kappa shape index (κ1) is 13.6. The lowest BCUT2D eigenvalue weighted by molar-refractivity contribution is 0.0651. The van der Waals surface area contributed by atoms with Crippen LogP contribution in [0.15, 0.2) is 18.2 Å². The molecule has 1 saturated carbocycles. The van der Waals surface area contributed by atoms with E-state index < -0.39 is 5.82 Å². The average molecular weight is 261 g/mol. The fourth-order valence-electron chi connectivity index (χ4n) is 2.07. The van der Waals surface area contributed by atoms with E-state index in [1.165, 1.54) is 18.2 Å². The van der Waals surface area contributed by atoms with Crippen LogP contribution in [-0.4, -0.2) is 35.6 Å². The lowest BCUT2D eigenvalue weighted by Gasteiger charge is -2.34. The lowest BCUT2D eigenvalue weighted by Crippen LogP contribution is -2.41. The Morgan fingerprint density at radius 1 is 1.53 bits per heavy atom. The molecule has 3 nitrogen and oxygen atoms in total. The molecule has 1 fully saturated rings. The van der Waals surface area contributed by atoms with Crippen LogP contribution in [0.25, 0.3) is 0 Å². The molecule has 1 amide bonds. The number of carbonyl (C=O) groups excluding carboxylic acids is 1. The van der Waals surface area contributed by atoms with Crippen molar-refractivity contribution in [2.75, 3.05) is 13.7 Å². The normalized spacial score (nSPS) is 14.3. The van der Waals surface area contributed by atoms with Crippen LogP contribution in [0.2, 0.25) is 0 Å². The van der Waals surface area contributed by atoms with E-state index >= 15 is 0 Å². The number of halogens is 1.